The zero-order chi connectivity index (χ0) is 25.6. The quantitative estimate of drug-likeness (QED) is 0.572. The first kappa shape index (κ1) is 23.7. The lowest BCUT2D eigenvalue weighted by atomic mass is 10.0. The molecular weight excluding hydrogens is 477 g/mol. The molecule has 1 aromatic heterocycles. The van der Waals surface area contributed by atoms with Gasteiger partial charge in [-0.3, -0.25) is 9.59 Å². The minimum atomic E-state index is -4.73. The number of carbonyl (C=O) groups excluding carboxylic acids is 1. The summed E-state index contributed by atoms with van der Waals surface area (Å²) in [5, 5.41) is 7.47. The van der Waals surface area contributed by atoms with Crippen LogP contribution in [0.4, 0.5) is 24.5 Å². The van der Waals surface area contributed by atoms with Crippen molar-refractivity contribution in [2.75, 3.05) is 44.1 Å². The van der Waals surface area contributed by atoms with E-state index in [1.807, 2.05) is 0 Å². The van der Waals surface area contributed by atoms with Crippen LogP contribution in [-0.4, -0.2) is 49.4 Å². The van der Waals surface area contributed by atoms with Crippen molar-refractivity contribution in [2.24, 2.45) is 0 Å². The van der Waals surface area contributed by atoms with Crippen molar-refractivity contribution in [3.63, 3.8) is 0 Å². The second kappa shape index (κ2) is 8.89. The van der Waals surface area contributed by atoms with Gasteiger partial charge in [0.1, 0.15) is 17.2 Å². The number of rotatable bonds is 5. The fraction of sp³-hybridized carbons (Fsp3) is 0.320. The first-order valence-corrected chi connectivity index (χ1v) is 11.3. The second-order valence-electron chi connectivity index (χ2n) is 8.61. The summed E-state index contributed by atoms with van der Waals surface area (Å²) in [4.78, 5) is 26.9. The maximum atomic E-state index is 14.1. The first-order valence-electron chi connectivity index (χ1n) is 11.3. The highest BCUT2D eigenvalue weighted by atomic mass is 19.4. The lowest BCUT2D eigenvalue weighted by molar-refractivity contribution is -0.137. The number of nitrogens with one attached hydrogen (secondary N) is 1. The Balaban J connectivity index is 1.76. The Morgan fingerprint density at radius 3 is 2.33 bits per heavy atom. The molecule has 0 radical (unpaired) electrons. The standard InChI is InChI=1S/C25H23F3N4O4/c1-35-17-9-14(10-18(12-17)36-2)22-19-5-7-29-23(19)24(34)32(30-22)21-11-15(31-8-6-16(33)13-31)3-4-20(21)25(26,27)28/h3-4,9-12,29H,5-8,13H2,1-2H3. The predicted octanol–water partition coefficient (Wildman–Crippen LogP) is 3.68. The monoisotopic (exact) mass is 500 g/mol. The molecule has 1 N–H and O–H groups in total. The van der Waals surface area contributed by atoms with Gasteiger partial charge in [-0.1, -0.05) is 0 Å². The normalized spacial score (nSPS) is 15.1. The summed E-state index contributed by atoms with van der Waals surface area (Å²) in [6.45, 7) is 0.951. The van der Waals surface area contributed by atoms with E-state index in [1.165, 1.54) is 26.4 Å². The molecule has 1 saturated heterocycles. The number of benzene rings is 2. The van der Waals surface area contributed by atoms with E-state index in [4.69, 9.17) is 9.47 Å². The van der Waals surface area contributed by atoms with Crippen LogP contribution in [0, 0.1) is 0 Å². The number of methoxy groups -OCH3 is 2. The lowest BCUT2D eigenvalue weighted by Gasteiger charge is -2.21. The van der Waals surface area contributed by atoms with E-state index < -0.39 is 23.0 Å². The Labute approximate surface area is 204 Å². The number of carbonyl (C=O) groups is 1. The van der Waals surface area contributed by atoms with E-state index in [9.17, 15) is 22.8 Å². The number of anilines is 2. The minimum Gasteiger partial charge on any atom is -0.497 e. The maximum Gasteiger partial charge on any atom is 0.418 e. The van der Waals surface area contributed by atoms with Crippen molar-refractivity contribution in [1.82, 2.24) is 9.78 Å². The molecule has 3 aromatic rings. The fourth-order valence-corrected chi connectivity index (χ4v) is 4.62. The highest BCUT2D eigenvalue weighted by Gasteiger charge is 2.36. The van der Waals surface area contributed by atoms with Crippen molar-refractivity contribution < 1.29 is 27.4 Å². The molecule has 11 heteroatoms. The molecule has 36 heavy (non-hydrogen) atoms. The molecule has 2 aliphatic rings. The molecule has 2 aromatic carbocycles. The van der Waals surface area contributed by atoms with Crippen LogP contribution in [0.3, 0.4) is 0 Å². The van der Waals surface area contributed by atoms with Gasteiger partial charge in [0.05, 0.1) is 37.7 Å². The number of hydrogen-bond acceptors (Lipinski definition) is 7. The summed E-state index contributed by atoms with van der Waals surface area (Å²) in [5.74, 6) is 0.947. The van der Waals surface area contributed by atoms with Gasteiger partial charge in [-0.15, -0.1) is 0 Å². The summed E-state index contributed by atoms with van der Waals surface area (Å²) in [6, 6.07) is 8.56. The fourth-order valence-electron chi connectivity index (χ4n) is 4.62. The van der Waals surface area contributed by atoms with Gasteiger partial charge in [-0.05, 0) is 36.8 Å². The van der Waals surface area contributed by atoms with Gasteiger partial charge in [-0.2, -0.15) is 23.0 Å². The number of Topliss-reactive ketones (excluding diaryl/α,β-unsaturated/α-hetero) is 1. The molecule has 3 heterocycles. The largest absolute Gasteiger partial charge is 0.497 e. The average molecular weight is 500 g/mol. The van der Waals surface area contributed by atoms with E-state index >= 15 is 0 Å². The van der Waals surface area contributed by atoms with E-state index in [2.05, 4.69) is 10.4 Å². The zero-order valence-corrected chi connectivity index (χ0v) is 19.6. The second-order valence-corrected chi connectivity index (χ2v) is 8.61. The number of halogens is 3. The predicted molar refractivity (Wildman–Crippen MR) is 127 cm³/mol. The lowest BCUT2D eigenvalue weighted by Crippen LogP contribution is -2.27. The van der Waals surface area contributed by atoms with Gasteiger partial charge in [0, 0.05) is 42.4 Å². The number of nitrogens with zero attached hydrogens (tertiary/aromatic N) is 3. The SMILES string of the molecule is COc1cc(OC)cc(-c2nn(-c3cc(N4CCC(=O)C4)ccc3C(F)(F)F)c(=O)c3c2CCN3)c1. The van der Waals surface area contributed by atoms with Crippen LogP contribution in [0.1, 0.15) is 17.5 Å². The topological polar surface area (TPSA) is 85.7 Å². The highest BCUT2D eigenvalue weighted by Crippen LogP contribution is 2.38. The third-order valence-corrected chi connectivity index (χ3v) is 6.40. The van der Waals surface area contributed by atoms with Gasteiger partial charge in [0.25, 0.3) is 5.56 Å². The van der Waals surface area contributed by atoms with Crippen molar-refractivity contribution in [3.05, 3.63) is 57.9 Å². The third kappa shape index (κ3) is 4.14. The number of alkyl halides is 3. The van der Waals surface area contributed by atoms with E-state index in [1.54, 1.807) is 23.1 Å². The molecule has 2 aliphatic heterocycles. The Hall–Kier alpha value is -4.02. The third-order valence-electron chi connectivity index (χ3n) is 6.40. The summed E-state index contributed by atoms with van der Waals surface area (Å²) in [6.07, 6.45) is -3.93. The number of aromatic nitrogens is 2. The van der Waals surface area contributed by atoms with Crippen LogP contribution >= 0.6 is 0 Å². The van der Waals surface area contributed by atoms with Crippen molar-refractivity contribution in [1.29, 1.82) is 0 Å². The Bertz CT molecular complexity index is 1400. The number of ketones is 1. The van der Waals surface area contributed by atoms with Crippen LogP contribution in [0.15, 0.2) is 41.2 Å². The van der Waals surface area contributed by atoms with Gasteiger partial charge in [0.15, 0.2) is 5.78 Å². The highest BCUT2D eigenvalue weighted by molar-refractivity contribution is 5.87. The molecular formula is C25H23F3N4O4. The maximum absolute atomic E-state index is 14.1. The van der Waals surface area contributed by atoms with E-state index in [-0.39, 0.29) is 18.0 Å². The van der Waals surface area contributed by atoms with Crippen LogP contribution in [0.5, 0.6) is 11.5 Å². The van der Waals surface area contributed by atoms with Gasteiger partial charge < -0.3 is 19.7 Å². The van der Waals surface area contributed by atoms with Crippen molar-refractivity contribution in [2.45, 2.75) is 19.0 Å². The summed E-state index contributed by atoms with van der Waals surface area (Å²) in [5.41, 5.74) is 0.0295. The van der Waals surface area contributed by atoms with Crippen LogP contribution in [0.25, 0.3) is 16.9 Å². The molecule has 0 bridgehead atoms. The Kier molecular flexibility index (Phi) is 5.85. The molecule has 0 spiro atoms. The molecule has 0 amide bonds. The van der Waals surface area contributed by atoms with Crippen molar-refractivity contribution in [3.8, 4) is 28.4 Å². The smallest absolute Gasteiger partial charge is 0.418 e. The van der Waals surface area contributed by atoms with Crippen molar-refractivity contribution >= 4 is 17.2 Å². The van der Waals surface area contributed by atoms with E-state index in [0.29, 0.717) is 59.9 Å². The Morgan fingerprint density at radius 2 is 1.72 bits per heavy atom. The molecule has 0 aliphatic carbocycles. The molecule has 188 valence electrons. The Morgan fingerprint density at radius 1 is 1.00 bits per heavy atom. The van der Waals surface area contributed by atoms with Crippen LogP contribution in [0.2, 0.25) is 0 Å². The number of ether oxygens (including phenoxy) is 2. The van der Waals surface area contributed by atoms with Gasteiger partial charge in [0.2, 0.25) is 0 Å². The zero-order valence-electron chi connectivity index (χ0n) is 19.6. The van der Waals surface area contributed by atoms with Crippen LogP contribution in [-0.2, 0) is 17.4 Å². The van der Waals surface area contributed by atoms with Gasteiger partial charge in [-0.25, -0.2) is 0 Å². The summed E-state index contributed by atoms with van der Waals surface area (Å²) in [7, 11) is 2.98. The summed E-state index contributed by atoms with van der Waals surface area (Å²) >= 11 is 0. The molecule has 8 nitrogen and oxygen atoms in total. The van der Waals surface area contributed by atoms with Crippen LogP contribution < -0.4 is 25.2 Å². The molecule has 1 fully saturated rings. The average Bonchev–Trinajstić information content (AvgIpc) is 3.53. The molecule has 0 saturated carbocycles. The molecule has 0 unspecified atom stereocenters. The van der Waals surface area contributed by atoms with E-state index in [0.717, 1.165) is 10.7 Å². The number of hydrogen-bond donors (Lipinski definition) is 1. The number of fused-ring (bicyclic) bond motifs is 1. The molecule has 5 rings (SSSR count). The minimum absolute atomic E-state index is 0.00253. The van der Waals surface area contributed by atoms with Gasteiger partial charge >= 0.3 is 6.18 Å². The summed E-state index contributed by atoms with van der Waals surface area (Å²) < 4.78 is 53.7. The molecule has 0 atom stereocenters. The first-order chi connectivity index (χ1) is 17.2.